The number of amides is 1. The molecule has 0 spiro atoms. The topological polar surface area (TPSA) is 72.9 Å². The zero-order valence-electron chi connectivity index (χ0n) is 7.20. The van der Waals surface area contributed by atoms with Crippen LogP contribution in [-0.2, 0) is 11.3 Å². The van der Waals surface area contributed by atoms with E-state index in [1.807, 2.05) is 0 Å². The van der Waals surface area contributed by atoms with E-state index in [0.29, 0.717) is 11.6 Å². The number of hydrazine groups is 1. The van der Waals surface area contributed by atoms with Gasteiger partial charge in [-0.1, -0.05) is 18.5 Å². The van der Waals surface area contributed by atoms with Gasteiger partial charge in [0, 0.05) is 6.20 Å². The predicted octanol–water partition coefficient (Wildman–Crippen LogP) is 0.162. The second-order valence-corrected chi connectivity index (χ2v) is 3.23. The Hall–Kier alpha value is -1.07. The van der Waals surface area contributed by atoms with E-state index in [2.05, 4.69) is 10.5 Å². The fourth-order valence-corrected chi connectivity index (χ4v) is 1.10. The van der Waals surface area contributed by atoms with Crippen LogP contribution in [0.2, 0.25) is 5.02 Å². The number of hydrogen-bond donors (Lipinski definition) is 2. The average Bonchev–Trinajstić information content (AvgIpc) is 2.49. The lowest BCUT2D eigenvalue weighted by atomic mass is 10.2. The maximum Gasteiger partial charge on any atom is 0.238 e. The molecule has 1 aromatic heterocycles. The van der Waals surface area contributed by atoms with Gasteiger partial charge in [0.2, 0.25) is 5.91 Å². The number of nitrogens with one attached hydrogen (secondary N) is 1. The molecule has 3 N–H and O–H groups in total. The van der Waals surface area contributed by atoms with E-state index in [1.54, 1.807) is 17.8 Å². The first-order valence-electron chi connectivity index (χ1n) is 3.82. The van der Waals surface area contributed by atoms with Gasteiger partial charge in [-0.05, 0) is 0 Å². The Balaban J connectivity index is 2.54. The Morgan fingerprint density at radius 3 is 3.08 bits per heavy atom. The van der Waals surface area contributed by atoms with Crippen molar-refractivity contribution in [1.29, 1.82) is 0 Å². The summed E-state index contributed by atoms with van der Waals surface area (Å²) in [5.41, 5.74) is 2.08. The molecule has 72 valence electrons. The summed E-state index contributed by atoms with van der Waals surface area (Å²) in [6, 6.07) is 0. The summed E-state index contributed by atoms with van der Waals surface area (Å²) >= 11 is 5.65. The molecule has 6 heteroatoms. The van der Waals surface area contributed by atoms with Gasteiger partial charge >= 0.3 is 0 Å². The molecule has 0 fully saturated rings. The first kappa shape index (κ1) is 10.0. The van der Waals surface area contributed by atoms with Crippen LogP contribution in [0.15, 0.2) is 12.4 Å². The van der Waals surface area contributed by atoms with Crippen LogP contribution in [0.1, 0.15) is 6.92 Å². The third kappa shape index (κ3) is 2.71. The monoisotopic (exact) mass is 202 g/mol. The Bertz CT molecular complexity index is 298. The van der Waals surface area contributed by atoms with Crippen molar-refractivity contribution < 1.29 is 4.79 Å². The molecule has 0 bridgehead atoms. The summed E-state index contributed by atoms with van der Waals surface area (Å²) in [5.74, 6) is 4.54. The Morgan fingerprint density at radius 1 is 1.92 bits per heavy atom. The second kappa shape index (κ2) is 4.25. The normalized spacial score (nSPS) is 12.5. The molecule has 0 radical (unpaired) electrons. The fraction of sp³-hybridized carbons (Fsp3) is 0.429. The van der Waals surface area contributed by atoms with Crippen LogP contribution < -0.4 is 11.3 Å². The van der Waals surface area contributed by atoms with Gasteiger partial charge in [-0.15, -0.1) is 0 Å². The van der Waals surface area contributed by atoms with Gasteiger partial charge in [-0.3, -0.25) is 14.9 Å². The van der Waals surface area contributed by atoms with Crippen LogP contribution >= 0.6 is 11.6 Å². The van der Waals surface area contributed by atoms with E-state index in [0.717, 1.165) is 0 Å². The molecular weight excluding hydrogens is 192 g/mol. The minimum atomic E-state index is -0.221. The highest BCUT2D eigenvalue weighted by atomic mass is 35.5. The summed E-state index contributed by atoms with van der Waals surface area (Å²) < 4.78 is 1.60. The molecule has 1 aromatic rings. The number of aromatic nitrogens is 2. The van der Waals surface area contributed by atoms with Crippen molar-refractivity contribution in [2.24, 2.45) is 11.8 Å². The number of rotatable bonds is 3. The highest BCUT2D eigenvalue weighted by Crippen LogP contribution is 2.07. The molecule has 1 heterocycles. The molecule has 1 atom stereocenters. The summed E-state index contributed by atoms with van der Waals surface area (Å²) in [6.07, 6.45) is 3.18. The number of halogens is 1. The van der Waals surface area contributed by atoms with Gasteiger partial charge < -0.3 is 0 Å². The Morgan fingerprint density at radius 2 is 2.62 bits per heavy atom. The zero-order valence-corrected chi connectivity index (χ0v) is 7.95. The van der Waals surface area contributed by atoms with Crippen molar-refractivity contribution in [2.45, 2.75) is 13.5 Å². The van der Waals surface area contributed by atoms with Gasteiger partial charge in [-0.25, -0.2) is 5.84 Å². The van der Waals surface area contributed by atoms with Crippen LogP contribution in [0.5, 0.6) is 0 Å². The van der Waals surface area contributed by atoms with Crippen LogP contribution in [0.25, 0.3) is 0 Å². The van der Waals surface area contributed by atoms with Crippen molar-refractivity contribution in [2.75, 3.05) is 0 Å². The first-order valence-corrected chi connectivity index (χ1v) is 4.19. The lowest BCUT2D eigenvalue weighted by molar-refractivity contribution is -0.125. The fourth-order valence-electron chi connectivity index (χ4n) is 0.944. The predicted molar refractivity (Wildman–Crippen MR) is 48.7 cm³/mol. The van der Waals surface area contributed by atoms with E-state index in [1.165, 1.54) is 6.20 Å². The molecule has 0 saturated heterocycles. The molecular formula is C7H11ClN4O. The average molecular weight is 203 g/mol. The minimum Gasteiger partial charge on any atom is -0.294 e. The summed E-state index contributed by atoms with van der Waals surface area (Å²) in [6.45, 7) is 2.23. The largest absolute Gasteiger partial charge is 0.294 e. The van der Waals surface area contributed by atoms with Gasteiger partial charge in [0.1, 0.15) is 0 Å². The van der Waals surface area contributed by atoms with Gasteiger partial charge in [0.05, 0.1) is 23.7 Å². The standard InChI is InChI=1S/C7H11ClN4O/c1-5(7(13)11-9)3-12-4-6(8)2-10-12/h2,4-5H,3,9H2,1H3,(H,11,13)/t5-/m1/s1. The summed E-state index contributed by atoms with van der Waals surface area (Å²) in [4.78, 5) is 11.0. The summed E-state index contributed by atoms with van der Waals surface area (Å²) in [5, 5.41) is 4.49. The molecule has 0 unspecified atom stereocenters. The smallest absolute Gasteiger partial charge is 0.238 e. The van der Waals surface area contributed by atoms with Gasteiger partial charge in [-0.2, -0.15) is 5.10 Å². The maximum absolute atomic E-state index is 11.0. The molecule has 1 rings (SSSR count). The molecule has 13 heavy (non-hydrogen) atoms. The van der Waals surface area contributed by atoms with Crippen molar-refractivity contribution in [3.05, 3.63) is 17.4 Å². The molecule has 0 aromatic carbocycles. The van der Waals surface area contributed by atoms with Crippen molar-refractivity contribution in [1.82, 2.24) is 15.2 Å². The van der Waals surface area contributed by atoms with Crippen molar-refractivity contribution in [3.63, 3.8) is 0 Å². The minimum absolute atomic E-state index is 0.216. The SMILES string of the molecule is C[C@H](Cn1cc(Cl)cn1)C(=O)NN. The zero-order chi connectivity index (χ0) is 9.84. The quantitative estimate of drug-likeness (QED) is 0.417. The number of carbonyl (C=O) groups is 1. The van der Waals surface area contributed by atoms with E-state index in [9.17, 15) is 4.79 Å². The molecule has 0 saturated carbocycles. The Kier molecular flexibility index (Phi) is 3.27. The van der Waals surface area contributed by atoms with Crippen LogP contribution in [0.3, 0.4) is 0 Å². The van der Waals surface area contributed by atoms with Gasteiger partial charge in [0.15, 0.2) is 0 Å². The van der Waals surface area contributed by atoms with Crippen molar-refractivity contribution >= 4 is 17.5 Å². The maximum atomic E-state index is 11.0. The lowest BCUT2D eigenvalue weighted by Crippen LogP contribution is -2.36. The van der Waals surface area contributed by atoms with Gasteiger partial charge in [0.25, 0.3) is 0 Å². The number of nitrogens with two attached hydrogens (primary N) is 1. The number of nitrogens with zero attached hydrogens (tertiary/aromatic N) is 2. The molecule has 0 aliphatic carbocycles. The van der Waals surface area contributed by atoms with Crippen LogP contribution in [0, 0.1) is 5.92 Å². The van der Waals surface area contributed by atoms with E-state index in [4.69, 9.17) is 17.4 Å². The number of carbonyl (C=O) groups excluding carboxylic acids is 1. The molecule has 0 aliphatic heterocycles. The number of hydrogen-bond acceptors (Lipinski definition) is 3. The van der Waals surface area contributed by atoms with Crippen LogP contribution in [-0.4, -0.2) is 15.7 Å². The molecule has 5 nitrogen and oxygen atoms in total. The highest BCUT2D eigenvalue weighted by Gasteiger charge is 2.12. The third-order valence-corrected chi connectivity index (χ3v) is 1.85. The van der Waals surface area contributed by atoms with E-state index < -0.39 is 0 Å². The van der Waals surface area contributed by atoms with E-state index in [-0.39, 0.29) is 11.8 Å². The second-order valence-electron chi connectivity index (χ2n) is 2.79. The molecule has 1 amide bonds. The van der Waals surface area contributed by atoms with E-state index >= 15 is 0 Å². The highest BCUT2D eigenvalue weighted by molar-refractivity contribution is 6.30. The third-order valence-electron chi connectivity index (χ3n) is 1.65. The molecule has 0 aliphatic rings. The van der Waals surface area contributed by atoms with Crippen LogP contribution in [0.4, 0.5) is 0 Å². The first-order chi connectivity index (χ1) is 6.13. The Labute approximate surface area is 80.8 Å². The summed E-state index contributed by atoms with van der Waals surface area (Å²) in [7, 11) is 0. The van der Waals surface area contributed by atoms with Crippen molar-refractivity contribution in [3.8, 4) is 0 Å². The lowest BCUT2D eigenvalue weighted by Gasteiger charge is -2.08.